The van der Waals surface area contributed by atoms with Crippen LogP contribution in [0.15, 0.2) is 17.2 Å². The lowest BCUT2D eigenvalue weighted by molar-refractivity contribution is 0.271. The second-order valence-electron chi connectivity index (χ2n) is 4.79. The van der Waals surface area contributed by atoms with Crippen LogP contribution < -0.4 is 0 Å². The van der Waals surface area contributed by atoms with Crippen LogP contribution in [0.1, 0.15) is 26.5 Å². The molecule has 104 valence electrons. The van der Waals surface area contributed by atoms with Crippen LogP contribution in [0.4, 0.5) is 0 Å². The summed E-state index contributed by atoms with van der Waals surface area (Å²) in [6.07, 6.45) is 1.58. The number of nitrogens with zero attached hydrogens (tertiary/aromatic N) is 2. The Morgan fingerprint density at radius 3 is 2.44 bits per heavy atom. The Morgan fingerprint density at radius 2 is 2.06 bits per heavy atom. The molecule has 6 heteroatoms. The maximum absolute atomic E-state index is 12.3. The first-order chi connectivity index (χ1) is 8.32. The molecule has 0 fully saturated rings. The first kappa shape index (κ1) is 15.2. The van der Waals surface area contributed by atoms with E-state index in [1.807, 2.05) is 20.8 Å². The van der Waals surface area contributed by atoms with Gasteiger partial charge in [0.2, 0.25) is 10.0 Å². The zero-order valence-electron chi connectivity index (χ0n) is 11.4. The Labute approximate surface area is 109 Å². The Kier molecular flexibility index (Phi) is 4.95. The lowest BCUT2D eigenvalue weighted by Gasteiger charge is -2.18. The molecule has 0 saturated carbocycles. The molecule has 0 atom stereocenters. The topological polar surface area (TPSA) is 62.5 Å². The van der Waals surface area contributed by atoms with Gasteiger partial charge in [0.25, 0.3) is 0 Å². The number of rotatable bonds is 6. The molecule has 5 nitrogen and oxygen atoms in total. The lowest BCUT2D eigenvalue weighted by Crippen LogP contribution is -2.30. The van der Waals surface area contributed by atoms with Crippen LogP contribution in [-0.4, -0.2) is 36.0 Å². The second-order valence-corrected chi connectivity index (χ2v) is 6.84. The third-order valence-corrected chi connectivity index (χ3v) is 4.58. The zero-order chi connectivity index (χ0) is 13.9. The lowest BCUT2D eigenvalue weighted by atomic mass is 10.2. The number of hydrogen-bond donors (Lipinski definition) is 1. The summed E-state index contributed by atoms with van der Waals surface area (Å²) in [6.45, 7) is 6.82. The predicted molar refractivity (Wildman–Crippen MR) is 70.7 cm³/mol. The minimum absolute atomic E-state index is 0.156. The van der Waals surface area contributed by atoms with E-state index in [9.17, 15) is 13.5 Å². The van der Waals surface area contributed by atoms with Gasteiger partial charge in [-0.05, 0) is 18.9 Å². The van der Waals surface area contributed by atoms with Crippen LogP contribution in [0.2, 0.25) is 0 Å². The summed E-state index contributed by atoms with van der Waals surface area (Å²) in [7, 11) is -1.87. The van der Waals surface area contributed by atoms with Crippen molar-refractivity contribution in [3.63, 3.8) is 0 Å². The average Bonchev–Trinajstić information content (AvgIpc) is 2.71. The molecule has 0 amide bonds. The second kappa shape index (κ2) is 5.86. The van der Waals surface area contributed by atoms with Gasteiger partial charge in [-0.25, -0.2) is 12.7 Å². The predicted octanol–water partition coefficient (Wildman–Crippen LogP) is 1.28. The summed E-state index contributed by atoms with van der Waals surface area (Å²) >= 11 is 0. The van der Waals surface area contributed by atoms with E-state index in [4.69, 9.17) is 0 Å². The van der Waals surface area contributed by atoms with Crippen molar-refractivity contribution in [1.82, 2.24) is 8.87 Å². The van der Waals surface area contributed by atoms with E-state index in [1.54, 1.807) is 17.8 Å². The van der Waals surface area contributed by atoms with Crippen molar-refractivity contribution in [1.29, 1.82) is 0 Å². The number of aryl methyl sites for hydroxylation is 1. The molecule has 1 aromatic rings. The van der Waals surface area contributed by atoms with E-state index >= 15 is 0 Å². The quantitative estimate of drug-likeness (QED) is 0.850. The summed E-state index contributed by atoms with van der Waals surface area (Å²) in [6, 6.07) is 1.54. The molecule has 0 aliphatic heterocycles. The van der Waals surface area contributed by atoms with Gasteiger partial charge in [-0.3, -0.25) is 0 Å². The summed E-state index contributed by atoms with van der Waals surface area (Å²) in [5, 5.41) is 9.18. The van der Waals surface area contributed by atoms with Crippen LogP contribution in [0.25, 0.3) is 0 Å². The number of aliphatic hydroxyl groups excluding tert-OH is 1. The summed E-state index contributed by atoms with van der Waals surface area (Å²) < 4.78 is 27.7. The zero-order valence-corrected chi connectivity index (χ0v) is 12.2. The molecule has 18 heavy (non-hydrogen) atoms. The van der Waals surface area contributed by atoms with Gasteiger partial charge < -0.3 is 9.67 Å². The van der Waals surface area contributed by atoms with Gasteiger partial charge in [0.1, 0.15) is 4.90 Å². The van der Waals surface area contributed by atoms with E-state index in [1.165, 1.54) is 10.4 Å². The van der Waals surface area contributed by atoms with Gasteiger partial charge in [-0.15, -0.1) is 0 Å². The van der Waals surface area contributed by atoms with Crippen LogP contribution in [0, 0.1) is 5.92 Å². The van der Waals surface area contributed by atoms with Crippen LogP contribution in [0.5, 0.6) is 0 Å². The Morgan fingerprint density at radius 1 is 1.44 bits per heavy atom. The summed E-state index contributed by atoms with van der Waals surface area (Å²) in [4.78, 5) is 0.247. The highest BCUT2D eigenvalue weighted by molar-refractivity contribution is 7.89. The van der Waals surface area contributed by atoms with Crippen LogP contribution >= 0.6 is 0 Å². The molecule has 0 radical (unpaired) electrons. The molecule has 0 aliphatic rings. The Hall–Kier alpha value is -0.850. The molecule has 1 aromatic heterocycles. The Balaban J connectivity index is 3.08. The smallest absolute Gasteiger partial charge is 0.244 e. The third-order valence-electron chi connectivity index (χ3n) is 2.79. The van der Waals surface area contributed by atoms with Gasteiger partial charge in [0, 0.05) is 32.0 Å². The molecular formula is C12H22N2O3S. The van der Waals surface area contributed by atoms with Gasteiger partial charge in [-0.2, -0.15) is 0 Å². The van der Waals surface area contributed by atoms with Crippen molar-refractivity contribution in [3.05, 3.63) is 18.0 Å². The van der Waals surface area contributed by atoms with Gasteiger partial charge in [-0.1, -0.05) is 13.8 Å². The normalized spacial score (nSPS) is 12.6. The van der Waals surface area contributed by atoms with E-state index in [-0.39, 0.29) is 17.4 Å². The Bertz CT molecular complexity index is 470. The highest BCUT2D eigenvalue weighted by Gasteiger charge is 2.23. The maximum Gasteiger partial charge on any atom is 0.244 e. The number of aromatic nitrogens is 1. The molecule has 1 rings (SSSR count). The monoisotopic (exact) mass is 274 g/mol. The molecule has 0 spiro atoms. The van der Waals surface area contributed by atoms with E-state index in [0.29, 0.717) is 18.8 Å². The molecule has 0 saturated heterocycles. The third kappa shape index (κ3) is 3.13. The number of sulfonamides is 1. The van der Waals surface area contributed by atoms with Gasteiger partial charge in [0.15, 0.2) is 0 Å². The molecule has 0 aliphatic carbocycles. The first-order valence-electron chi connectivity index (χ1n) is 6.09. The van der Waals surface area contributed by atoms with E-state index in [0.717, 1.165) is 0 Å². The van der Waals surface area contributed by atoms with Crippen molar-refractivity contribution in [2.24, 2.45) is 5.92 Å². The summed E-state index contributed by atoms with van der Waals surface area (Å²) in [5.41, 5.74) is 0.619. The van der Waals surface area contributed by atoms with Gasteiger partial charge >= 0.3 is 0 Å². The van der Waals surface area contributed by atoms with Crippen molar-refractivity contribution >= 4 is 10.0 Å². The van der Waals surface area contributed by atoms with Crippen LogP contribution in [0.3, 0.4) is 0 Å². The van der Waals surface area contributed by atoms with Crippen molar-refractivity contribution in [2.45, 2.75) is 38.8 Å². The largest absolute Gasteiger partial charge is 0.390 e. The van der Waals surface area contributed by atoms with Gasteiger partial charge in [0.05, 0.1) is 6.61 Å². The number of aliphatic hydroxyl groups is 1. The number of hydrogen-bond acceptors (Lipinski definition) is 3. The van der Waals surface area contributed by atoms with Crippen molar-refractivity contribution in [2.75, 3.05) is 13.6 Å². The van der Waals surface area contributed by atoms with E-state index in [2.05, 4.69) is 0 Å². The summed E-state index contributed by atoms with van der Waals surface area (Å²) in [5.74, 6) is 0.273. The standard InChI is InChI=1S/C12H22N2O3S/c1-5-14-8-12(6-11(14)9-15)18(16,17)13(4)7-10(2)3/h6,8,10,15H,5,7,9H2,1-4H3. The molecule has 1 N–H and O–H groups in total. The molecule has 0 bridgehead atoms. The fourth-order valence-corrected chi connectivity index (χ4v) is 3.28. The minimum Gasteiger partial charge on any atom is -0.390 e. The molecular weight excluding hydrogens is 252 g/mol. The first-order valence-corrected chi connectivity index (χ1v) is 7.53. The molecule has 0 unspecified atom stereocenters. The minimum atomic E-state index is -3.45. The van der Waals surface area contributed by atoms with Crippen LogP contribution in [-0.2, 0) is 23.2 Å². The fraction of sp³-hybridized carbons (Fsp3) is 0.667. The fourth-order valence-electron chi connectivity index (χ4n) is 1.89. The average molecular weight is 274 g/mol. The highest BCUT2D eigenvalue weighted by atomic mass is 32.2. The van der Waals surface area contributed by atoms with Crippen molar-refractivity contribution < 1.29 is 13.5 Å². The highest BCUT2D eigenvalue weighted by Crippen LogP contribution is 2.19. The SMILES string of the molecule is CCn1cc(S(=O)(=O)N(C)CC(C)C)cc1CO. The van der Waals surface area contributed by atoms with Crippen molar-refractivity contribution in [3.8, 4) is 0 Å². The van der Waals surface area contributed by atoms with E-state index < -0.39 is 10.0 Å². The molecule has 0 aromatic carbocycles. The molecule has 1 heterocycles. The maximum atomic E-state index is 12.3.